The first-order chi connectivity index (χ1) is 12.0. The number of nitrogens with zero attached hydrogens (tertiary/aromatic N) is 1. The third-order valence-corrected chi connectivity index (χ3v) is 4.87. The van der Waals surface area contributed by atoms with Crippen molar-refractivity contribution in [3.8, 4) is 0 Å². The van der Waals surface area contributed by atoms with E-state index >= 15 is 0 Å². The van der Waals surface area contributed by atoms with Crippen molar-refractivity contribution in [1.29, 1.82) is 0 Å². The number of methoxy groups -OCH3 is 1. The molecule has 1 aliphatic heterocycles. The van der Waals surface area contributed by atoms with E-state index in [0.717, 1.165) is 0 Å². The first-order valence-electron chi connectivity index (χ1n) is 7.49. The van der Waals surface area contributed by atoms with Crippen LogP contribution in [0.2, 0.25) is 0 Å². The standard InChI is InChI=1S/C17H16N2O5S/c1-23-10-11-24-17(20)12-6-8-13(9-7-12)18-16-14-4-2-3-5-15(14)25(21,22)19-16/h2-9H,10-11H2,1H3,(H,18,19). The molecule has 0 aromatic heterocycles. The van der Waals surface area contributed by atoms with Gasteiger partial charge in [0.1, 0.15) is 11.5 Å². The predicted molar refractivity (Wildman–Crippen MR) is 92.4 cm³/mol. The summed E-state index contributed by atoms with van der Waals surface area (Å²) in [4.78, 5) is 12.0. The summed E-state index contributed by atoms with van der Waals surface area (Å²) in [6.07, 6.45) is 0. The monoisotopic (exact) mass is 360 g/mol. The van der Waals surface area contributed by atoms with Gasteiger partial charge >= 0.3 is 5.97 Å². The second-order valence-corrected chi connectivity index (χ2v) is 6.81. The summed E-state index contributed by atoms with van der Waals surface area (Å²) in [5, 5.41) is 2.97. The van der Waals surface area contributed by atoms with Crippen molar-refractivity contribution in [3.05, 3.63) is 59.7 Å². The van der Waals surface area contributed by atoms with Crippen molar-refractivity contribution in [3.63, 3.8) is 0 Å². The number of carbonyl (C=O) groups is 1. The predicted octanol–water partition coefficient (Wildman–Crippen LogP) is 2.05. The lowest BCUT2D eigenvalue weighted by molar-refractivity contribution is 0.0388. The quantitative estimate of drug-likeness (QED) is 0.648. The highest BCUT2D eigenvalue weighted by Crippen LogP contribution is 2.26. The average molecular weight is 360 g/mol. The molecule has 0 amide bonds. The topological polar surface area (TPSA) is 94.1 Å². The smallest absolute Gasteiger partial charge is 0.338 e. The van der Waals surface area contributed by atoms with Crippen LogP contribution >= 0.6 is 0 Å². The van der Waals surface area contributed by atoms with Gasteiger partial charge in [-0.2, -0.15) is 8.42 Å². The molecule has 0 radical (unpaired) electrons. The van der Waals surface area contributed by atoms with Crippen molar-refractivity contribution < 1.29 is 22.7 Å². The molecule has 3 rings (SSSR count). The highest BCUT2D eigenvalue weighted by Gasteiger charge is 2.28. The largest absolute Gasteiger partial charge is 0.460 e. The molecule has 2 aromatic rings. The molecule has 130 valence electrons. The Labute approximate surface area is 145 Å². The fraction of sp³-hybridized carbons (Fsp3) is 0.176. The number of ether oxygens (including phenoxy) is 2. The van der Waals surface area contributed by atoms with E-state index < -0.39 is 16.0 Å². The Balaban J connectivity index is 1.74. The number of esters is 1. The molecule has 1 aliphatic rings. The van der Waals surface area contributed by atoms with Crippen LogP contribution in [-0.2, 0) is 19.5 Å². The lowest BCUT2D eigenvalue weighted by Crippen LogP contribution is -2.12. The van der Waals surface area contributed by atoms with Gasteiger partial charge in [-0.25, -0.2) is 4.79 Å². The van der Waals surface area contributed by atoms with Gasteiger partial charge < -0.3 is 14.8 Å². The van der Waals surface area contributed by atoms with Crippen molar-refractivity contribution in [1.82, 2.24) is 0 Å². The van der Waals surface area contributed by atoms with E-state index in [1.807, 2.05) is 0 Å². The number of nitrogens with one attached hydrogen (secondary N) is 1. The second kappa shape index (κ2) is 7.04. The van der Waals surface area contributed by atoms with E-state index in [-0.39, 0.29) is 17.3 Å². The van der Waals surface area contributed by atoms with Crippen LogP contribution in [0.25, 0.3) is 0 Å². The van der Waals surface area contributed by atoms with Crippen molar-refractivity contribution in [2.45, 2.75) is 4.90 Å². The zero-order chi connectivity index (χ0) is 17.9. The van der Waals surface area contributed by atoms with Gasteiger partial charge in [-0.15, -0.1) is 4.40 Å². The van der Waals surface area contributed by atoms with Gasteiger partial charge in [-0.3, -0.25) is 0 Å². The molecule has 7 nitrogen and oxygen atoms in total. The minimum Gasteiger partial charge on any atom is -0.460 e. The van der Waals surface area contributed by atoms with Crippen LogP contribution in [0.15, 0.2) is 57.8 Å². The molecule has 0 aliphatic carbocycles. The van der Waals surface area contributed by atoms with Crippen LogP contribution in [0, 0.1) is 0 Å². The van der Waals surface area contributed by atoms with Crippen LogP contribution in [0.3, 0.4) is 0 Å². The van der Waals surface area contributed by atoms with E-state index in [1.54, 1.807) is 42.5 Å². The molecule has 0 saturated heterocycles. The molecule has 0 bridgehead atoms. The van der Waals surface area contributed by atoms with E-state index in [4.69, 9.17) is 9.47 Å². The fourth-order valence-electron chi connectivity index (χ4n) is 2.32. The van der Waals surface area contributed by atoms with Gasteiger partial charge in [0.05, 0.1) is 12.2 Å². The average Bonchev–Trinajstić information content (AvgIpc) is 2.87. The maximum absolute atomic E-state index is 12.0. The zero-order valence-electron chi connectivity index (χ0n) is 13.4. The Morgan fingerprint density at radius 2 is 1.80 bits per heavy atom. The summed E-state index contributed by atoms with van der Waals surface area (Å²) in [5.41, 5.74) is 1.52. The molecular weight excluding hydrogens is 344 g/mol. The summed E-state index contributed by atoms with van der Waals surface area (Å²) < 4.78 is 37.7. The van der Waals surface area contributed by atoms with Crippen molar-refractivity contribution >= 4 is 27.5 Å². The highest BCUT2D eigenvalue weighted by atomic mass is 32.2. The first kappa shape index (κ1) is 17.1. The van der Waals surface area contributed by atoms with E-state index in [2.05, 4.69) is 9.71 Å². The Hall–Kier alpha value is -2.71. The van der Waals surface area contributed by atoms with E-state index in [0.29, 0.717) is 23.4 Å². The van der Waals surface area contributed by atoms with Crippen LogP contribution in [0.1, 0.15) is 15.9 Å². The SMILES string of the molecule is COCCOC(=O)c1ccc(NC2=NS(=O)(=O)c3ccccc32)cc1. The van der Waals surface area contributed by atoms with Crippen LogP contribution in [0.4, 0.5) is 5.69 Å². The second-order valence-electron chi connectivity index (χ2n) is 5.24. The number of anilines is 1. The summed E-state index contributed by atoms with van der Waals surface area (Å²) in [6, 6.07) is 13.1. The van der Waals surface area contributed by atoms with Crippen molar-refractivity contribution in [2.24, 2.45) is 4.40 Å². The molecule has 0 fully saturated rings. The fourth-order valence-corrected chi connectivity index (χ4v) is 3.50. The van der Waals surface area contributed by atoms with Gasteiger partial charge in [-0.05, 0) is 36.4 Å². The number of fused-ring (bicyclic) bond motifs is 1. The van der Waals surface area contributed by atoms with Crippen LogP contribution in [-0.4, -0.2) is 40.5 Å². The molecule has 8 heteroatoms. The van der Waals surface area contributed by atoms with Crippen molar-refractivity contribution in [2.75, 3.05) is 25.6 Å². The number of sulfonamides is 1. The minimum atomic E-state index is -3.67. The highest BCUT2D eigenvalue weighted by molar-refractivity contribution is 7.90. The molecule has 0 saturated carbocycles. The van der Waals surface area contributed by atoms with Gasteiger partial charge in [-0.1, -0.05) is 12.1 Å². The third-order valence-electron chi connectivity index (χ3n) is 3.54. The number of rotatable bonds is 5. The van der Waals surface area contributed by atoms with Gasteiger partial charge in [0.25, 0.3) is 10.0 Å². The Bertz CT molecular complexity index is 920. The lowest BCUT2D eigenvalue weighted by Gasteiger charge is -2.08. The van der Waals surface area contributed by atoms with Crippen LogP contribution < -0.4 is 5.32 Å². The molecule has 2 aromatic carbocycles. The molecular formula is C17H16N2O5S. The number of hydrogen-bond acceptors (Lipinski definition) is 6. The number of carbonyl (C=O) groups excluding carboxylic acids is 1. The maximum atomic E-state index is 12.0. The molecule has 1 N–H and O–H groups in total. The maximum Gasteiger partial charge on any atom is 0.338 e. The normalized spacial score (nSPS) is 14.5. The molecule has 0 unspecified atom stereocenters. The number of benzene rings is 2. The molecule has 25 heavy (non-hydrogen) atoms. The summed E-state index contributed by atoms with van der Waals surface area (Å²) >= 11 is 0. The van der Waals surface area contributed by atoms with E-state index in [9.17, 15) is 13.2 Å². The summed E-state index contributed by atoms with van der Waals surface area (Å²) in [7, 11) is -2.14. The minimum absolute atomic E-state index is 0.177. The summed E-state index contributed by atoms with van der Waals surface area (Å²) in [5.74, 6) is -0.194. The summed E-state index contributed by atoms with van der Waals surface area (Å²) in [6.45, 7) is 0.514. The zero-order valence-corrected chi connectivity index (χ0v) is 14.2. The van der Waals surface area contributed by atoms with E-state index in [1.165, 1.54) is 13.2 Å². The number of hydrogen-bond donors (Lipinski definition) is 1. The lowest BCUT2D eigenvalue weighted by atomic mass is 10.1. The third kappa shape index (κ3) is 3.70. The van der Waals surface area contributed by atoms with Gasteiger partial charge in [0.15, 0.2) is 5.84 Å². The van der Waals surface area contributed by atoms with Crippen LogP contribution in [0.5, 0.6) is 0 Å². The Morgan fingerprint density at radius 1 is 1.08 bits per heavy atom. The van der Waals surface area contributed by atoms with Gasteiger partial charge in [0, 0.05) is 18.4 Å². The Kier molecular flexibility index (Phi) is 4.82. The van der Waals surface area contributed by atoms with Gasteiger partial charge in [0.2, 0.25) is 0 Å². The molecule has 0 spiro atoms. The molecule has 1 heterocycles. The Morgan fingerprint density at radius 3 is 2.52 bits per heavy atom. The molecule has 0 atom stereocenters. The number of amidine groups is 1. The first-order valence-corrected chi connectivity index (χ1v) is 8.93.